The fraction of sp³-hybridized carbons (Fsp3) is 0.200. The van der Waals surface area contributed by atoms with E-state index in [1.165, 1.54) is 6.33 Å². The highest BCUT2D eigenvalue weighted by Crippen LogP contribution is 2.18. The van der Waals surface area contributed by atoms with Crippen molar-refractivity contribution < 1.29 is 0 Å². The minimum Gasteiger partial charge on any atom is -0.245 e. The Hall–Kier alpha value is -1.20. The zero-order valence-corrected chi connectivity index (χ0v) is 10.2. The number of aryl methyl sites for hydroxylation is 1. The predicted molar refractivity (Wildman–Crippen MR) is 63.4 cm³/mol. The van der Waals surface area contributed by atoms with Gasteiger partial charge in [-0.05, 0) is 19.1 Å². The third kappa shape index (κ3) is 3.15. The van der Waals surface area contributed by atoms with Crippen molar-refractivity contribution in [3.8, 4) is 0 Å². The molecule has 2 aromatic rings. The average Bonchev–Trinajstić information content (AvgIpc) is 2.27. The Morgan fingerprint density at radius 3 is 2.94 bits per heavy atom. The molecule has 0 bridgehead atoms. The van der Waals surface area contributed by atoms with Crippen molar-refractivity contribution in [3.05, 3.63) is 41.3 Å². The van der Waals surface area contributed by atoms with Crippen LogP contribution in [0.5, 0.6) is 0 Å². The van der Waals surface area contributed by atoms with E-state index in [2.05, 4.69) is 19.9 Å². The molecule has 0 radical (unpaired) electrons. The molecule has 0 fully saturated rings. The van der Waals surface area contributed by atoms with Gasteiger partial charge in [0.25, 0.3) is 0 Å². The van der Waals surface area contributed by atoms with E-state index < -0.39 is 0 Å². The molecule has 2 rings (SSSR count). The van der Waals surface area contributed by atoms with Gasteiger partial charge in [-0.25, -0.2) is 19.9 Å². The van der Waals surface area contributed by atoms with Crippen LogP contribution in [0, 0.1) is 6.92 Å². The molecule has 0 saturated carbocycles. The maximum absolute atomic E-state index is 5.85. The molecule has 16 heavy (non-hydrogen) atoms. The highest BCUT2D eigenvalue weighted by molar-refractivity contribution is 7.98. The zero-order valence-electron chi connectivity index (χ0n) is 8.59. The van der Waals surface area contributed by atoms with Gasteiger partial charge in [-0.1, -0.05) is 23.4 Å². The summed E-state index contributed by atoms with van der Waals surface area (Å²) in [6.07, 6.45) is 3.23. The first-order valence-electron chi connectivity index (χ1n) is 4.63. The molecular formula is C10H9ClN4S. The van der Waals surface area contributed by atoms with Crippen molar-refractivity contribution >= 4 is 23.4 Å². The van der Waals surface area contributed by atoms with Crippen molar-refractivity contribution in [2.24, 2.45) is 0 Å². The molecule has 0 saturated heterocycles. The van der Waals surface area contributed by atoms with Gasteiger partial charge >= 0.3 is 0 Å². The molecule has 0 spiro atoms. The SMILES string of the molecule is Cc1cc(Cl)nc(CSc2ccncn2)n1. The van der Waals surface area contributed by atoms with Crippen LogP contribution in [0.25, 0.3) is 0 Å². The Kier molecular flexibility index (Phi) is 3.69. The van der Waals surface area contributed by atoms with Gasteiger partial charge in [-0.2, -0.15) is 0 Å². The van der Waals surface area contributed by atoms with Crippen molar-refractivity contribution in [1.29, 1.82) is 0 Å². The fourth-order valence-electron chi connectivity index (χ4n) is 1.16. The van der Waals surface area contributed by atoms with Crippen LogP contribution in [0.15, 0.2) is 29.7 Å². The first-order valence-corrected chi connectivity index (χ1v) is 5.99. The molecule has 82 valence electrons. The molecule has 2 heterocycles. The highest BCUT2D eigenvalue weighted by atomic mass is 35.5. The van der Waals surface area contributed by atoms with Gasteiger partial charge in [0.1, 0.15) is 17.3 Å². The third-order valence-electron chi connectivity index (χ3n) is 1.77. The lowest BCUT2D eigenvalue weighted by Gasteiger charge is -2.01. The summed E-state index contributed by atoms with van der Waals surface area (Å²) < 4.78 is 0. The van der Waals surface area contributed by atoms with E-state index in [0.29, 0.717) is 16.7 Å². The first kappa shape index (κ1) is 11.3. The molecular weight excluding hydrogens is 244 g/mol. The van der Waals surface area contributed by atoms with Gasteiger partial charge in [-0.15, -0.1) is 0 Å². The molecule has 0 aliphatic rings. The number of hydrogen-bond acceptors (Lipinski definition) is 5. The summed E-state index contributed by atoms with van der Waals surface area (Å²) >= 11 is 7.40. The molecule has 0 aliphatic carbocycles. The minimum absolute atomic E-state index is 0.478. The number of halogens is 1. The van der Waals surface area contributed by atoms with Crippen LogP contribution in [0.2, 0.25) is 5.15 Å². The smallest absolute Gasteiger partial charge is 0.140 e. The van der Waals surface area contributed by atoms with Crippen LogP contribution in [0.3, 0.4) is 0 Å². The standard InChI is InChI=1S/C10H9ClN4S/c1-7-4-8(11)15-9(14-7)5-16-10-2-3-12-6-13-10/h2-4,6H,5H2,1H3. The predicted octanol–water partition coefficient (Wildman–Crippen LogP) is 2.52. The first-order chi connectivity index (χ1) is 7.74. The minimum atomic E-state index is 0.478. The summed E-state index contributed by atoms with van der Waals surface area (Å²) in [5.74, 6) is 1.37. The molecule has 0 atom stereocenters. The molecule has 4 nitrogen and oxygen atoms in total. The Morgan fingerprint density at radius 2 is 2.25 bits per heavy atom. The Morgan fingerprint density at radius 1 is 1.38 bits per heavy atom. The lowest BCUT2D eigenvalue weighted by Crippen LogP contribution is -1.95. The highest BCUT2D eigenvalue weighted by Gasteiger charge is 2.02. The Bertz CT molecular complexity index is 457. The summed E-state index contributed by atoms with van der Waals surface area (Å²) in [5, 5.41) is 1.38. The van der Waals surface area contributed by atoms with Gasteiger partial charge < -0.3 is 0 Å². The summed E-state index contributed by atoms with van der Waals surface area (Å²) in [6.45, 7) is 1.90. The average molecular weight is 253 g/mol. The van der Waals surface area contributed by atoms with Gasteiger partial charge in [0.05, 0.1) is 10.8 Å². The van der Waals surface area contributed by atoms with E-state index in [-0.39, 0.29) is 0 Å². The van der Waals surface area contributed by atoms with Gasteiger partial charge in [0, 0.05) is 11.9 Å². The maximum Gasteiger partial charge on any atom is 0.140 e. The molecule has 0 amide bonds. The fourth-order valence-corrected chi connectivity index (χ4v) is 2.10. The lowest BCUT2D eigenvalue weighted by atomic mass is 10.4. The van der Waals surface area contributed by atoms with E-state index in [1.54, 1.807) is 24.0 Å². The number of aromatic nitrogens is 4. The van der Waals surface area contributed by atoms with Crippen molar-refractivity contribution in [3.63, 3.8) is 0 Å². The third-order valence-corrected chi connectivity index (χ3v) is 2.91. The normalized spacial score (nSPS) is 10.4. The topological polar surface area (TPSA) is 51.6 Å². The van der Waals surface area contributed by atoms with Crippen LogP contribution in [0.4, 0.5) is 0 Å². The molecule has 0 unspecified atom stereocenters. The monoisotopic (exact) mass is 252 g/mol. The quantitative estimate of drug-likeness (QED) is 0.621. The zero-order chi connectivity index (χ0) is 11.4. The second-order valence-electron chi connectivity index (χ2n) is 3.08. The molecule has 0 aliphatic heterocycles. The Balaban J connectivity index is 2.05. The number of nitrogens with zero attached hydrogens (tertiary/aromatic N) is 4. The van der Waals surface area contributed by atoms with E-state index >= 15 is 0 Å². The van der Waals surface area contributed by atoms with Crippen LogP contribution in [-0.2, 0) is 5.75 Å². The van der Waals surface area contributed by atoms with Crippen molar-refractivity contribution in [2.75, 3.05) is 0 Å². The lowest BCUT2D eigenvalue weighted by molar-refractivity contribution is 0.988. The van der Waals surface area contributed by atoms with Crippen LogP contribution < -0.4 is 0 Å². The number of thioether (sulfide) groups is 1. The summed E-state index contributed by atoms with van der Waals surface area (Å²) in [7, 11) is 0. The van der Waals surface area contributed by atoms with Crippen LogP contribution >= 0.6 is 23.4 Å². The van der Waals surface area contributed by atoms with Gasteiger partial charge in [-0.3, -0.25) is 0 Å². The van der Waals surface area contributed by atoms with Gasteiger partial charge in [0.15, 0.2) is 0 Å². The molecule has 0 aromatic carbocycles. The molecule has 2 aromatic heterocycles. The number of rotatable bonds is 3. The van der Waals surface area contributed by atoms with Crippen LogP contribution in [0.1, 0.15) is 11.5 Å². The summed E-state index contributed by atoms with van der Waals surface area (Å²) in [6, 6.07) is 3.59. The van der Waals surface area contributed by atoms with Crippen molar-refractivity contribution in [1.82, 2.24) is 19.9 Å². The molecule has 0 N–H and O–H groups in total. The van der Waals surface area contributed by atoms with Crippen molar-refractivity contribution in [2.45, 2.75) is 17.7 Å². The van der Waals surface area contributed by atoms with E-state index in [4.69, 9.17) is 11.6 Å². The largest absolute Gasteiger partial charge is 0.245 e. The van der Waals surface area contributed by atoms with E-state index in [9.17, 15) is 0 Å². The maximum atomic E-state index is 5.85. The molecule has 6 heteroatoms. The van der Waals surface area contributed by atoms with Gasteiger partial charge in [0.2, 0.25) is 0 Å². The second-order valence-corrected chi connectivity index (χ2v) is 4.47. The van der Waals surface area contributed by atoms with Crippen LogP contribution in [-0.4, -0.2) is 19.9 Å². The Labute approximate surface area is 103 Å². The van der Waals surface area contributed by atoms with E-state index in [1.807, 2.05) is 13.0 Å². The number of hydrogen-bond donors (Lipinski definition) is 0. The summed E-state index contributed by atoms with van der Waals surface area (Å²) in [4.78, 5) is 16.4. The summed E-state index contributed by atoms with van der Waals surface area (Å²) in [5.41, 5.74) is 0.873. The second kappa shape index (κ2) is 5.23. The van der Waals surface area contributed by atoms with E-state index in [0.717, 1.165) is 10.7 Å².